The molecular weight excluding hydrogens is 288 g/mol. The van der Waals surface area contributed by atoms with Gasteiger partial charge < -0.3 is 15.3 Å². The summed E-state index contributed by atoms with van der Waals surface area (Å²) in [6.07, 6.45) is 0.807. The van der Waals surface area contributed by atoms with Gasteiger partial charge in [0.1, 0.15) is 0 Å². The number of amides is 1. The molecule has 0 radical (unpaired) electrons. The molecule has 0 spiro atoms. The van der Waals surface area contributed by atoms with Crippen LogP contribution in [0.15, 0.2) is 24.3 Å². The lowest BCUT2D eigenvalue weighted by Gasteiger charge is -2.26. The molecule has 1 saturated carbocycles. The minimum absolute atomic E-state index is 0.156. The lowest BCUT2D eigenvalue weighted by molar-refractivity contribution is -0.130. The maximum absolute atomic E-state index is 12.2. The molecule has 5 heteroatoms. The van der Waals surface area contributed by atoms with Crippen LogP contribution in [0.5, 0.6) is 0 Å². The van der Waals surface area contributed by atoms with Crippen LogP contribution < -0.4 is 5.32 Å². The molecule has 116 valence electrons. The summed E-state index contributed by atoms with van der Waals surface area (Å²) in [5, 5.41) is 13.8. The fourth-order valence-corrected chi connectivity index (χ4v) is 2.60. The second-order valence-electron chi connectivity index (χ2n) is 5.69. The molecule has 0 aromatic heterocycles. The number of likely N-dealkylation sites (N-methyl/N-ethyl adjacent to an activating group) is 1. The predicted molar refractivity (Wildman–Crippen MR) is 84.3 cm³/mol. The van der Waals surface area contributed by atoms with E-state index in [1.54, 1.807) is 24.3 Å². The minimum Gasteiger partial charge on any atom is -0.378 e. The summed E-state index contributed by atoms with van der Waals surface area (Å²) >= 11 is 5.81. The van der Waals surface area contributed by atoms with Gasteiger partial charge in [-0.1, -0.05) is 37.6 Å². The maximum Gasteiger partial charge on any atom is 0.253 e. The van der Waals surface area contributed by atoms with Crippen LogP contribution >= 0.6 is 11.6 Å². The first-order valence-corrected chi connectivity index (χ1v) is 7.85. The van der Waals surface area contributed by atoms with Crippen molar-refractivity contribution in [1.29, 1.82) is 0 Å². The van der Waals surface area contributed by atoms with Gasteiger partial charge in [0, 0.05) is 11.6 Å². The molecule has 2 N–H and O–H groups in total. The Morgan fingerprint density at radius 3 is 2.38 bits per heavy atom. The number of nitrogens with one attached hydrogen (secondary N) is 1. The van der Waals surface area contributed by atoms with Crippen molar-refractivity contribution in [1.82, 2.24) is 10.2 Å². The van der Waals surface area contributed by atoms with Crippen LogP contribution in [0, 0.1) is 0 Å². The first kappa shape index (κ1) is 16.3. The molecule has 1 aliphatic carbocycles. The maximum atomic E-state index is 12.2. The van der Waals surface area contributed by atoms with Crippen molar-refractivity contribution >= 4 is 17.5 Å². The molecule has 2 rings (SSSR count). The number of nitrogens with zero attached hydrogens (tertiary/aromatic N) is 1. The summed E-state index contributed by atoms with van der Waals surface area (Å²) in [4.78, 5) is 14.5. The number of benzene rings is 1. The lowest BCUT2D eigenvalue weighted by Crippen LogP contribution is -2.47. The zero-order chi connectivity index (χ0) is 15.5. The lowest BCUT2D eigenvalue weighted by atomic mass is 10.1. The zero-order valence-electron chi connectivity index (χ0n) is 12.6. The van der Waals surface area contributed by atoms with Gasteiger partial charge in [0.25, 0.3) is 5.91 Å². The Morgan fingerprint density at radius 1 is 1.33 bits per heavy atom. The highest BCUT2D eigenvalue weighted by molar-refractivity contribution is 6.30. The van der Waals surface area contributed by atoms with Gasteiger partial charge in [0.2, 0.25) is 0 Å². The molecule has 1 aliphatic rings. The molecule has 1 atom stereocenters. The number of aliphatic hydroxyl groups excluding tert-OH is 1. The molecule has 0 saturated heterocycles. The standard InChI is InChI=1S/C16H23ClN2O2/c1-3-19(4-2)11-16(9-10-16)18-15(21)14(20)12-5-7-13(17)8-6-12/h5-8,14,20H,3-4,9-11H2,1-2H3,(H,18,21)/t14-/m1/s1. The fraction of sp³-hybridized carbons (Fsp3) is 0.562. The van der Waals surface area contributed by atoms with E-state index in [4.69, 9.17) is 11.6 Å². The molecule has 0 unspecified atom stereocenters. The van der Waals surface area contributed by atoms with Crippen LogP contribution in [0.3, 0.4) is 0 Å². The Kier molecular flexibility index (Phi) is 5.25. The Labute approximate surface area is 131 Å². The molecule has 4 nitrogen and oxygen atoms in total. The monoisotopic (exact) mass is 310 g/mol. The highest BCUT2D eigenvalue weighted by atomic mass is 35.5. The first-order valence-electron chi connectivity index (χ1n) is 7.47. The fourth-order valence-electron chi connectivity index (χ4n) is 2.47. The smallest absolute Gasteiger partial charge is 0.253 e. The van der Waals surface area contributed by atoms with Crippen molar-refractivity contribution in [3.8, 4) is 0 Å². The first-order chi connectivity index (χ1) is 9.99. The molecule has 21 heavy (non-hydrogen) atoms. The van der Waals surface area contributed by atoms with E-state index in [0.29, 0.717) is 10.6 Å². The number of rotatable bonds is 7. The molecule has 1 aromatic carbocycles. The van der Waals surface area contributed by atoms with E-state index in [2.05, 4.69) is 24.1 Å². The highest BCUT2D eigenvalue weighted by Gasteiger charge is 2.45. The Bertz CT molecular complexity index is 482. The Morgan fingerprint density at radius 2 is 1.90 bits per heavy atom. The second-order valence-corrected chi connectivity index (χ2v) is 6.12. The summed E-state index contributed by atoms with van der Waals surface area (Å²) in [5.41, 5.74) is 0.409. The van der Waals surface area contributed by atoms with Crippen molar-refractivity contribution in [2.75, 3.05) is 19.6 Å². The number of aliphatic hydroxyl groups is 1. The van der Waals surface area contributed by atoms with Crippen molar-refractivity contribution < 1.29 is 9.90 Å². The average molecular weight is 311 g/mol. The Balaban J connectivity index is 1.96. The number of carbonyl (C=O) groups is 1. The van der Waals surface area contributed by atoms with E-state index in [1.807, 2.05) is 0 Å². The van der Waals surface area contributed by atoms with Gasteiger partial charge >= 0.3 is 0 Å². The van der Waals surface area contributed by atoms with Gasteiger partial charge in [0.15, 0.2) is 6.10 Å². The highest BCUT2D eigenvalue weighted by Crippen LogP contribution is 2.36. The molecule has 1 aromatic rings. The predicted octanol–water partition coefficient (Wildman–Crippen LogP) is 2.36. The SMILES string of the molecule is CCN(CC)CC1(NC(=O)[C@H](O)c2ccc(Cl)cc2)CC1. The molecule has 0 heterocycles. The van der Waals surface area contributed by atoms with Crippen LogP contribution in [0.25, 0.3) is 0 Å². The number of halogens is 1. The molecule has 1 fully saturated rings. The van der Waals surface area contributed by atoms with Crippen molar-refractivity contribution in [2.24, 2.45) is 0 Å². The van der Waals surface area contributed by atoms with E-state index in [-0.39, 0.29) is 11.4 Å². The van der Waals surface area contributed by atoms with E-state index in [1.165, 1.54) is 0 Å². The van der Waals surface area contributed by atoms with Gasteiger partial charge in [-0.05, 0) is 43.6 Å². The van der Waals surface area contributed by atoms with E-state index >= 15 is 0 Å². The van der Waals surface area contributed by atoms with Crippen molar-refractivity contribution in [3.63, 3.8) is 0 Å². The van der Waals surface area contributed by atoms with Crippen molar-refractivity contribution in [3.05, 3.63) is 34.9 Å². The number of hydrogen-bond donors (Lipinski definition) is 2. The van der Waals surface area contributed by atoms with Crippen LogP contribution in [-0.2, 0) is 4.79 Å². The average Bonchev–Trinajstić information content (AvgIpc) is 3.24. The van der Waals surface area contributed by atoms with Crippen LogP contribution in [0.4, 0.5) is 0 Å². The van der Waals surface area contributed by atoms with Gasteiger partial charge in [0.05, 0.1) is 5.54 Å². The molecule has 0 bridgehead atoms. The summed E-state index contributed by atoms with van der Waals surface area (Å²) < 4.78 is 0. The topological polar surface area (TPSA) is 52.6 Å². The van der Waals surface area contributed by atoms with Gasteiger partial charge in [-0.15, -0.1) is 0 Å². The van der Waals surface area contributed by atoms with Gasteiger partial charge in [-0.25, -0.2) is 0 Å². The molecule has 0 aliphatic heterocycles. The quantitative estimate of drug-likeness (QED) is 0.813. The van der Waals surface area contributed by atoms with E-state index < -0.39 is 6.10 Å². The summed E-state index contributed by atoms with van der Waals surface area (Å²) in [5.74, 6) is -0.332. The number of hydrogen-bond acceptors (Lipinski definition) is 3. The van der Waals surface area contributed by atoms with E-state index in [0.717, 1.165) is 32.5 Å². The van der Waals surface area contributed by atoms with Gasteiger partial charge in [-0.3, -0.25) is 4.79 Å². The molecular formula is C16H23ClN2O2. The van der Waals surface area contributed by atoms with E-state index in [9.17, 15) is 9.90 Å². The second kappa shape index (κ2) is 6.77. The third-order valence-corrected chi connectivity index (χ3v) is 4.35. The van der Waals surface area contributed by atoms with Gasteiger partial charge in [-0.2, -0.15) is 0 Å². The van der Waals surface area contributed by atoms with Crippen molar-refractivity contribution in [2.45, 2.75) is 38.3 Å². The third kappa shape index (κ3) is 4.19. The molecule has 1 amide bonds. The normalized spacial score (nSPS) is 17.6. The zero-order valence-corrected chi connectivity index (χ0v) is 13.4. The van der Waals surface area contributed by atoms with Crippen LogP contribution in [0.1, 0.15) is 38.4 Å². The largest absolute Gasteiger partial charge is 0.378 e. The Hall–Kier alpha value is -1.10. The minimum atomic E-state index is -1.14. The third-order valence-electron chi connectivity index (χ3n) is 4.10. The summed E-state index contributed by atoms with van der Waals surface area (Å²) in [7, 11) is 0. The summed E-state index contributed by atoms with van der Waals surface area (Å²) in [6, 6.07) is 6.71. The summed E-state index contributed by atoms with van der Waals surface area (Å²) in [6.45, 7) is 7.01. The van der Waals surface area contributed by atoms with Crippen LogP contribution in [-0.4, -0.2) is 41.1 Å². The number of carbonyl (C=O) groups excluding carboxylic acids is 1. The van der Waals surface area contributed by atoms with Crippen LogP contribution in [0.2, 0.25) is 5.02 Å².